The van der Waals surface area contributed by atoms with Gasteiger partial charge in [0.15, 0.2) is 0 Å². The van der Waals surface area contributed by atoms with Gasteiger partial charge in [0.25, 0.3) is 5.91 Å². The van der Waals surface area contributed by atoms with Crippen molar-refractivity contribution < 1.29 is 23.5 Å². The molecule has 0 unspecified atom stereocenters. The molecule has 1 heterocycles. The maximum absolute atomic E-state index is 13.9. The average Bonchev–Trinajstić information content (AvgIpc) is 2.84. The second-order valence-corrected chi connectivity index (χ2v) is 8.14. The van der Waals surface area contributed by atoms with Gasteiger partial charge in [0, 0.05) is 44.0 Å². The van der Waals surface area contributed by atoms with Gasteiger partial charge in [-0.3, -0.25) is 4.79 Å². The zero-order valence-corrected chi connectivity index (χ0v) is 18.5. The van der Waals surface area contributed by atoms with E-state index in [4.69, 9.17) is 0 Å². The van der Waals surface area contributed by atoms with Gasteiger partial charge >= 0.3 is 5.97 Å². The zero-order valence-electron chi connectivity index (χ0n) is 18.5. The largest absolute Gasteiger partial charge is 0.480 e. The van der Waals surface area contributed by atoms with Crippen LogP contribution in [-0.4, -0.2) is 49.2 Å². The summed E-state index contributed by atoms with van der Waals surface area (Å²) in [5.41, 5.74) is 2.13. The number of benzene rings is 3. The number of carbonyl (C=O) groups excluding carboxylic acids is 1. The van der Waals surface area contributed by atoms with Crippen LogP contribution in [0.15, 0.2) is 72.8 Å². The van der Waals surface area contributed by atoms with Crippen molar-refractivity contribution in [2.75, 3.05) is 36.0 Å². The highest BCUT2D eigenvalue weighted by Gasteiger charge is 2.25. The van der Waals surface area contributed by atoms with Gasteiger partial charge in [0.05, 0.1) is 0 Å². The fourth-order valence-corrected chi connectivity index (χ4v) is 4.09. The van der Waals surface area contributed by atoms with Gasteiger partial charge in [-0.2, -0.15) is 0 Å². The van der Waals surface area contributed by atoms with Crippen molar-refractivity contribution >= 4 is 23.3 Å². The lowest BCUT2D eigenvalue weighted by Gasteiger charge is -2.37. The number of amides is 1. The number of anilines is 2. The highest BCUT2D eigenvalue weighted by molar-refractivity contribution is 5.97. The Labute approximate surface area is 196 Å². The molecule has 4 rings (SSSR count). The number of hydrogen-bond donors (Lipinski definition) is 2. The minimum absolute atomic E-state index is 0.0147. The molecule has 1 saturated heterocycles. The predicted octanol–water partition coefficient (Wildman–Crippen LogP) is 3.72. The molecule has 34 heavy (non-hydrogen) atoms. The summed E-state index contributed by atoms with van der Waals surface area (Å²) >= 11 is 0. The molecule has 1 amide bonds. The SMILES string of the molecule is O=C(N[C@@H](Cc1ccc(N2CCN(c3ccccc3)CC2)cc1)C(=O)O)c1c(F)cccc1F. The third kappa shape index (κ3) is 5.33. The molecule has 8 heteroatoms. The molecule has 176 valence electrons. The summed E-state index contributed by atoms with van der Waals surface area (Å²) in [4.78, 5) is 28.6. The average molecular weight is 466 g/mol. The third-order valence-corrected chi connectivity index (χ3v) is 5.94. The van der Waals surface area contributed by atoms with Gasteiger partial charge < -0.3 is 20.2 Å². The predicted molar refractivity (Wildman–Crippen MR) is 126 cm³/mol. The van der Waals surface area contributed by atoms with E-state index in [-0.39, 0.29) is 6.42 Å². The Hall–Kier alpha value is -3.94. The maximum Gasteiger partial charge on any atom is 0.326 e. The molecule has 3 aromatic rings. The van der Waals surface area contributed by atoms with E-state index in [0.29, 0.717) is 5.56 Å². The molecule has 1 atom stereocenters. The lowest BCUT2D eigenvalue weighted by atomic mass is 10.0. The van der Waals surface area contributed by atoms with E-state index >= 15 is 0 Å². The molecule has 3 aromatic carbocycles. The number of piperazine rings is 1. The number of para-hydroxylation sites is 1. The fraction of sp³-hybridized carbons (Fsp3) is 0.231. The number of halogens is 2. The highest BCUT2D eigenvalue weighted by atomic mass is 19.1. The molecule has 0 aliphatic carbocycles. The number of nitrogens with zero attached hydrogens (tertiary/aromatic N) is 2. The first kappa shape index (κ1) is 23.2. The maximum atomic E-state index is 13.9. The van der Waals surface area contributed by atoms with E-state index in [2.05, 4.69) is 27.2 Å². The molecule has 0 bridgehead atoms. The monoisotopic (exact) mass is 465 g/mol. The number of carboxylic acids is 1. The summed E-state index contributed by atoms with van der Waals surface area (Å²) in [6, 6.07) is 19.4. The first-order chi connectivity index (χ1) is 16.4. The van der Waals surface area contributed by atoms with Crippen molar-refractivity contribution in [1.29, 1.82) is 0 Å². The summed E-state index contributed by atoms with van der Waals surface area (Å²) in [6.07, 6.45) is -0.0147. The zero-order chi connectivity index (χ0) is 24.1. The van der Waals surface area contributed by atoms with Crippen molar-refractivity contribution in [1.82, 2.24) is 5.32 Å². The van der Waals surface area contributed by atoms with Gasteiger partial charge in [-0.05, 0) is 42.0 Å². The standard InChI is InChI=1S/C26H25F2N3O3/c27-21-7-4-8-22(28)24(21)25(32)29-23(26(33)34)17-18-9-11-20(12-10-18)31-15-13-30(14-16-31)19-5-2-1-3-6-19/h1-12,23H,13-17H2,(H,29,32)(H,33,34)/t23-/m0/s1. The van der Waals surface area contributed by atoms with Crippen LogP contribution in [0.1, 0.15) is 15.9 Å². The molecule has 1 fully saturated rings. The van der Waals surface area contributed by atoms with Crippen molar-refractivity contribution in [3.05, 3.63) is 95.6 Å². The Balaban J connectivity index is 1.37. The van der Waals surface area contributed by atoms with E-state index in [1.165, 1.54) is 5.69 Å². The molecule has 1 aliphatic rings. The number of nitrogens with one attached hydrogen (secondary N) is 1. The Kier molecular flexibility index (Phi) is 7.06. The van der Waals surface area contributed by atoms with Crippen LogP contribution in [0, 0.1) is 11.6 Å². The third-order valence-electron chi connectivity index (χ3n) is 5.94. The van der Waals surface area contributed by atoms with Crippen LogP contribution in [0.4, 0.5) is 20.2 Å². The normalized spacial score (nSPS) is 14.5. The summed E-state index contributed by atoms with van der Waals surface area (Å²) in [6.45, 7) is 3.50. The van der Waals surface area contributed by atoms with Gasteiger partial charge in [0.2, 0.25) is 0 Å². The fourth-order valence-electron chi connectivity index (χ4n) is 4.09. The molecule has 0 radical (unpaired) electrons. The number of rotatable bonds is 7. The quantitative estimate of drug-likeness (QED) is 0.557. The Bertz CT molecular complexity index is 1130. The molecule has 6 nitrogen and oxygen atoms in total. The van der Waals surface area contributed by atoms with Gasteiger partial charge in [-0.15, -0.1) is 0 Å². The number of carbonyl (C=O) groups is 2. The van der Waals surface area contributed by atoms with E-state index in [0.717, 1.165) is 50.1 Å². The molecule has 0 spiro atoms. The smallest absolute Gasteiger partial charge is 0.326 e. The van der Waals surface area contributed by atoms with Crippen LogP contribution in [-0.2, 0) is 11.2 Å². The van der Waals surface area contributed by atoms with Crippen LogP contribution in [0.5, 0.6) is 0 Å². The van der Waals surface area contributed by atoms with Crippen LogP contribution in [0.25, 0.3) is 0 Å². The second kappa shape index (κ2) is 10.3. The van der Waals surface area contributed by atoms with Crippen molar-refractivity contribution in [2.24, 2.45) is 0 Å². The van der Waals surface area contributed by atoms with Crippen LogP contribution < -0.4 is 15.1 Å². The van der Waals surface area contributed by atoms with Gasteiger partial charge in [-0.25, -0.2) is 13.6 Å². The topological polar surface area (TPSA) is 72.9 Å². The van der Waals surface area contributed by atoms with E-state index in [1.54, 1.807) is 0 Å². The molecule has 1 aliphatic heterocycles. The first-order valence-corrected chi connectivity index (χ1v) is 11.0. The lowest BCUT2D eigenvalue weighted by molar-refractivity contribution is -0.139. The summed E-state index contributed by atoms with van der Waals surface area (Å²) in [5, 5.41) is 11.8. The van der Waals surface area contributed by atoms with E-state index in [1.807, 2.05) is 42.5 Å². The van der Waals surface area contributed by atoms with Crippen LogP contribution >= 0.6 is 0 Å². The molecular weight excluding hydrogens is 440 g/mol. The minimum Gasteiger partial charge on any atom is -0.480 e. The molecular formula is C26H25F2N3O3. The van der Waals surface area contributed by atoms with Gasteiger partial charge in [-0.1, -0.05) is 36.4 Å². The second-order valence-electron chi connectivity index (χ2n) is 8.14. The van der Waals surface area contributed by atoms with Crippen LogP contribution in [0.3, 0.4) is 0 Å². The Morgan fingerprint density at radius 2 is 1.32 bits per heavy atom. The summed E-state index contributed by atoms with van der Waals surface area (Å²) in [5.74, 6) is -4.47. The van der Waals surface area contributed by atoms with Crippen molar-refractivity contribution in [2.45, 2.75) is 12.5 Å². The summed E-state index contributed by atoms with van der Waals surface area (Å²) in [7, 11) is 0. The van der Waals surface area contributed by atoms with Crippen molar-refractivity contribution in [3.8, 4) is 0 Å². The van der Waals surface area contributed by atoms with E-state index in [9.17, 15) is 23.5 Å². The summed E-state index contributed by atoms with van der Waals surface area (Å²) < 4.78 is 27.7. The molecule has 0 saturated carbocycles. The first-order valence-electron chi connectivity index (χ1n) is 11.0. The highest BCUT2D eigenvalue weighted by Crippen LogP contribution is 2.21. The number of aliphatic carboxylic acids is 1. The molecule has 0 aromatic heterocycles. The van der Waals surface area contributed by atoms with Crippen LogP contribution in [0.2, 0.25) is 0 Å². The Morgan fingerprint density at radius 3 is 1.85 bits per heavy atom. The lowest BCUT2D eigenvalue weighted by Crippen LogP contribution is -2.46. The number of carboxylic acid groups (broad SMARTS) is 1. The molecule has 2 N–H and O–H groups in total. The van der Waals surface area contributed by atoms with Crippen molar-refractivity contribution in [3.63, 3.8) is 0 Å². The minimum atomic E-state index is -1.33. The number of hydrogen-bond acceptors (Lipinski definition) is 4. The Morgan fingerprint density at radius 1 is 0.794 bits per heavy atom. The van der Waals surface area contributed by atoms with Gasteiger partial charge in [0.1, 0.15) is 23.2 Å². The van der Waals surface area contributed by atoms with E-state index < -0.39 is 35.1 Å².